The van der Waals surface area contributed by atoms with E-state index in [2.05, 4.69) is 45.0 Å². The third-order valence-electron chi connectivity index (χ3n) is 7.41. The van der Waals surface area contributed by atoms with Crippen LogP contribution in [-0.2, 0) is 6.42 Å². The molecular weight excluding hydrogens is 300 g/mol. The molecule has 1 aromatic carbocycles. The highest BCUT2D eigenvalue weighted by Crippen LogP contribution is 2.46. The summed E-state index contributed by atoms with van der Waals surface area (Å²) in [5.41, 5.74) is 3.12. The smallest absolute Gasteiger partial charge is 0.0136 e. The molecule has 0 radical (unpaired) electrons. The maximum absolute atomic E-state index is 2.53. The van der Waals surface area contributed by atoms with Crippen LogP contribution in [0, 0.1) is 23.7 Å². The van der Waals surface area contributed by atoms with Crippen molar-refractivity contribution in [2.24, 2.45) is 23.7 Å². The SMILES string of the molecule is CCCc1ccc([C@@H]2CCC(C3CCC(CCC)CC3)C[C@H]2C)cc1. The minimum Gasteiger partial charge on any atom is -0.0654 e. The Morgan fingerprint density at radius 3 is 2.08 bits per heavy atom. The standard InChI is InChI=1S/C25H40/c1-4-6-20-8-12-22(13-9-20)24-16-17-25(19(3)18-24)23-14-10-21(7-5-2)11-15-23/h10-11,14-15,19-20,22,24-25H,4-9,12-13,16-18H2,1-3H3/t19-,20?,22?,24?,25-/m1/s1. The zero-order valence-corrected chi connectivity index (χ0v) is 17.0. The summed E-state index contributed by atoms with van der Waals surface area (Å²) in [7, 11) is 0. The van der Waals surface area contributed by atoms with Gasteiger partial charge in [0, 0.05) is 0 Å². The monoisotopic (exact) mass is 340 g/mol. The fourth-order valence-corrected chi connectivity index (χ4v) is 5.94. The van der Waals surface area contributed by atoms with Crippen LogP contribution in [0.4, 0.5) is 0 Å². The Balaban J connectivity index is 1.52. The van der Waals surface area contributed by atoms with E-state index in [0.717, 1.165) is 29.6 Å². The fraction of sp³-hybridized carbons (Fsp3) is 0.760. The molecule has 1 aromatic rings. The third-order valence-corrected chi connectivity index (χ3v) is 7.41. The van der Waals surface area contributed by atoms with Crippen LogP contribution in [-0.4, -0.2) is 0 Å². The molecule has 2 saturated carbocycles. The van der Waals surface area contributed by atoms with Gasteiger partial charge in [-0.2, -0.15) is 0 Å². The highest BCUT2D eigenvalue weighted by Gasteiger charge is 2.34. The van der Waals surface area contributed by atoms with Gasteiger partial charge in [-0.3, -0.25) is 0 Å². The minimum atomic E-state index is 0.809. The minimum absolute atomic E-state index is 0.809. The quantitative estimate of drug-likeness (QED) is 0.496. The Morgan fingerprint density at radius 2 is 1.48 bits per heavy atom. The van der Waals surface area contributed by atoms with Crippen molar-refractivity contribution in [3.63, 3.8) is 0 Å². The summed E-state index contributed by atoms with van der Waals surface area (Å²) in [6.07, 6.45) is 15.8. The number of rotatable bonds is 6. The molecule has 0 saturated heterocycles. The maximum Gasteiger partial charge on any atom is -0.0136 e. The topological polar surface area (TPSA) is 0 Å². The lowest BCUT2D eigenvalue weighted by Gasteiger charge is -2.41. The van der Waals surface area contributed by atoms with Crippen LogP contribution >= 0.6 is 0 Å². The van der Waals surface area contributed by atoms with E-state index in [0.29, 0.717) is 0 Å². The molecule has 140 valence electrons. The van der Waals surface area contributed by atoms with E-state index in [1.54, 1.807) is 5.56 Å². The molecular formula is C25H40. The van der Waals surface area contributed by atoms with Crippen LogP contribution in [0.2, 0.25) is 0 Å². The average Bonchev–Trinajstić information content (AvgIpc) is 2.64. The van der Waals surface area contributed by atoms with Crippen molar-refractivity contribution < 1.29 is 0 Å². The molecule has 0 heteroatoms. The zero-order valence-electron chi connectivity index (χ0n) is 17.0. The lowest BCUT2D eigenvalue weighted by molar-refractivity contribution is 0.130. The highest BCUT2D eigenvalue weighted by atomic mass is 14.4. The molecule has 0 spiro atoms. The van der Waals surface area contributed by atoms with Crippen LogP contribution in [0.5, 0.6) is 0 Å². The molecule has 3 atom stereocenters. The van der Waals surface area contributed by atoms with Crippen LogP contribution in [0.15, 0.2) is 24.3 Å². The number of hydrogen-bond acceptors (Lipinski definition) is 0. The van der Waals surface area contributed by atoms with Gasteiger partial charge < -0.3 is 0 Å². The number of hydrogen-bond donors (Lipinski definition) is 0. The molecule has 0 nitrogen and oxygen atoms in total. The summed E-state index contributed by atoms with van der Waals surface area (Å²) in [5, 5.41) is 0. The highest BCUT2D eigenvalue weighted by molar-refractivity contribution is 5.26. The molecule has 0 heterocycles. The Kier molecular flexibility index (Phi) is 7.02. The first kappa shape index (κ1) is 19.0. The van der Waals surface area contributed by atoms with Gasteiger partial charge in [0.05, 0.1) is 0 Å². The summed E-state index contributed by atoms with van der Waals surface area (Å²) in [5.74, 6) is 4.79. The molecule has 2 aliphatic rings. The average molecular weight is 341 g/mol. The molecule has 0 amide bonds. The number of aryl methyl sites for hydroxylation is 1. The van der Waals surface area contributed by atoms with Gasteiger partial charge in [0.2, 0.25) is 0 Å². The molecule has 3 rings (SSSR count). The summed E-state index contributed by atoms with van der Waals surface area (Å²) in [4.78, 5) is 0. The fourth-order valence-electron chi connectivity index (χ4n) is 5.94. The van der Waals surface area contributed by atoms with Gasteiger partial charge in [-0.15, -0.1) is 0 Å². The van der Waals surface area contributed by atoms with Crippen molar-refractivity contribution in [2.45, 2.75) is 97.3 Å². The molecule has 25 heavy (non-hydrogen) atoms. The van der Waals surface area contributed by atoms with E-state index in [-0.39, 0.29) is 0 Å². The van der Waals surface area contributed by atoms with Gasteiger partial charge in [0.15, 0.2) is 0 Å². The molecule has 0 aliphatic heterocycles. The van der Waals surface area contributed by atoms with Crippen molar-refractivity contribution in [2.75, 3.05) is 0 Å². The largest absolute Gasteiger partial charge is 0.0654 e. The Labute approximate surface area is 156 Å². The first-order valence-electron chi connectivity index (χ1n) is 11.3. The molecule has 0 bridgehead atoms. The van der Waals surface area contributed by atoms with E-state index in [4.69, 9.17) is 0 Å². The van der Waals surface area contributed by atoms with E-state index >= 15 is 0 Å². The summed E-state index contributed by atoms with van der Waals surface area (Å²) >= 11 is 0. The van der Waals surface area contributed by atoms with E-state index in [9.17, 15) is 0 Å². The van der Waals surface area contributed by atoms with Gasteiger partial charge in [0.25, 0.3) is 0 Å². The van der Waals surface area contributed by atoms with E-state index < -0.39 is 0 Å². The molecule has 2 fully saturated rings. The maximum atomic E-state index is 2.53. The normalized spacial score (nSPS) is 33.3. The van der Waals surface area contributed by atoms with E-state index in [1.807, 2.05) is 0 Å². The van der Waals surface area contributed by atoms with Crippen molar-refractivity contribution in [1.29, 1.82) is 0 Å². The van der Waals surface area contributed by atoms with Crippen LogP contribution in [0.25, 0.3) is 0 Å². The van der Waals surface area contributed by atoms with E-state index in [1.165, 1.54) is 76.2 Å². The zero-order chi connectivity index (χ0) is 17.6. The Morgan fingerprint density at radius 1 is 0.800 bits per heavy atom. The number of benzene rings is 1. The van der Waals surface area contributed by atoms with Gasteiger partial charge in [-0.1, -0.05) is 77.1 Å². The molecule has 2 aliphatic carbocycles. The lowest BCUT2D eigenvalue weighted by Crippen LogP contribution is -2.29. The van der Waals surface area contributed by atoms with Gasteiger partial charge in [-0.25, -0.2) is 0 Å². The Bertz CT molecular complexity index is 491. The lowest BCUT2D eigenvalue weighted by atomic mass is 9.65. The van der Waals surface area contributed by atoms with Crippen LogP contribution in [0.3, 0.4) is 0 Å². The molecule has 0 N–H and O–H groups in total. The van der Waals surface area contributed by atoms with Crippen molar-refractivity contribution in [1.82, 2.24) is 0 Å². The molecule has 0 aromatic heterocycles. The second-order valence-electron chi connectivity index (χ2n) is 9.22. The van der Waals surface area contributed by atoms with Gasteiger partial charge in [0.1, 0.15) is 0 Å². The summed E-state index contributed by atoms with van der Waals surface area (Å²) < 4.78 is 0. The predicted molar refractivity (Wildman–Crippen MR) is 110 cm³/mol. The van der Waals surface area contributed by atoms with Crippen LogP contribution < -0.4 is 0 Å². The second-order valence-corrected chi connectivity index (χ2v) is 9.22. The van der Waals surface area contributed by atoms with Gasteiger partial charge >= 0.3 is 0 Å². The van der Waals surface area contributed by atoms with Crippen molar-refractivity contribution in [3.05, 3.63) is 35.4 Å². The van der Waals surface area contributed by atoms with Gasteiger partial charge in [-0.05, 0) is 79.2 Å². The predicted octanol–water partition coefficient (Wildman–Crippen LogP) is 7.77. The van der Waals surface area contributed by atoms with Crippen LogP contribution in [0.1, 0.15) is 102 Å². The van der Waals surface area contributed by atoms with Crippen molar-refractivity contribution >= 4 is 0 Å². The third kappa shape index (κ3) is 4.89. The Hall–Kier alpha value is -0.780. The first-order valence-corrected chi connectivity index (χ1v) is 11.3. The summed E-state index contributed by atoms with van der Waals surface area (Å²) in [6, 6.07) is 9.63. The second kappa shape index (κ2) is 9.24. The van der Waals surface area contributed by atoms with Crippen molar-refractivity contribution in [3.8, 4) is 0 Å². The molecule has 1 unspecified atom stereocenters. The first-order chi connectivity index (χ1) is 12.2. The summed E-state index contributed by atoms with van der Waals surface area (Å²) in [6.45, 7) is 7.15.